The first-order chi connectivity index (χ1) is 7.22. The maximum absolute atomic E-state index is 12.8. The number of hydrogen-bond donors (Lipinski definition) is 2. The van der Waals surface area contributed by atoms with Crippen molar-refractivity contribution in [2.75, 3.05) is 13.6 Å². The lowest BCUT2D eigenvalue weighted by Gasteiger charge is -2.25. The number of benzene rings is 1. The van der Waals surface area contributed by atoms with Crippen LogP contribution in [0.3, 0.4) is 0 Å². The number of nitrogens with two attached hydrogens (primary N) is 1. The molecule has 2 nitrogen and oxygen atoms in total. The first kappa shape index (κ1) is 10.6. The Bertz CT molecular complexity index is 330. The van der Waals surface area contributed by atoms with Crippen LogP contribution in [-0.2, 0) is 0 Å². The van der Waals surface area contributed by atoms with Crippen molar-refractivity contribution in [3.63, 3.8) is 0 Å². The van der Waals surface area contributed by atoms with Crippen LogP contribution in [0.15, 0.2) is 24.3 Å². The second kappa shape index (κ2) is 3.91. The molecule has 0 amide bonds. The summed E-state index contributed by atoms with van der Waals surface area (Å²) in [5, 5.41) is 3.29. The van der Waals surface area contributed by atoms with E-state index in [1.54, 1.807) is 0 Å². The predicted molar refractivity (Wildman–Crippen MR) is 58.9 cm³/mol. The molecule has 0 aromatic heterocycles. The molecule has 0 spiro atoms. The van der Waals surface area contributed by atoms with Crippen molar-refractivity contribution >= 4 is 0 Å². The summed E-state index contributed by atoms with van der Waals surface area (Å²) in [6.45, 7) is 0.690. The van der Waals surface area contributed by atoms with Gasteiger partial charge in [0.05, 0.1) is 0 Å². The van der Waals surface area contributed by atoms with E-state index in [2.05, 4.69) is 5.32 Å². The van der Waals surface area contributed by atoms with Crippen molar-refractivity contribution in [1.29, 1.82) is 0 Å². The lowest BCUT2D eigenvalue weighted by molar-refractivity contribution is 0.366. The molecule has 3 N–H and O–H groups in total. The number of hydrogen-bond acceptors (Lipinski definition) is 2. The van der Waals surface area contributed by atoms with Crippen LogP contribution in [0.2, 0.25) is 0 Å². The van der Waals surface area contributed by atoms with Gasteiger partial charge in [0.15, 0.2) is 0 Å². The second-order valence-electron chi connectivity index (χ2n) is 4.34. The van der Waals surface area contributed by atoms with Crippen molar-refractivity contribution in [2.24, 2.45) is 11.1 Å². The minimum Gasteiger partial charge on any atom is -0.330 e. The van der Waals surface area contributed by atoms with Gasteiger partial charge in [-0.05, 0) is 44.1 Å². The number of halogens is 1. The minimum atomic E-state index is -0.189. The molecule has 3 heteroatoms. The molecule has 0 bridgehead atoms. The fraction of sp³-hybridized carbons (Fsp3) is 0.500. The summed E-state index contributed by atoms with van der Waals surface area (Å²) >= 11 is 0. The van der Waals surface area contributed by atoms with Crippen molar-refractivity contribution < 1.29 is 4.39 Å². The molecule has 1 aromatic carbocycles. The molecule has 1 atom stereocenters. The molecule has 1 aliphatic rings. The molecule has 82 valence electrons. The van der Waals surface area contributed by atoms with Crippen molar-refractivity contribution in [3.05, 3.63) is 35.6 Å². The Hall–Kier alpha value is -0.930. The number of rotatable bonds is 4. The molecule has 1 aliphatic carbocycles. The van der Waals surface area contributed by atoms with Gasteiger partial charge in [0.25, 0.3) is 0 Å². The first-order valence-electron chi connectivity index (χ1n) is 5.35. The molecule has 0 radical (unpaired) electrons. The third kappa shape index (κ3) is 1.90. The summed E-state index contributed by atoms with van der Waals surface area (Å²) in [7, 11) is 1.93. The van der Waals surface area contributed by atoms with Crippen LogP contribution in [0, 0.1) is 11.2 Å². The molecule has 1 fully saturated rings. The summed E-state index contributed by atoms with van der Waals surface area (Å²) in [5.41, 5.74) is 7.13. The molecular formula is C12H17FN2. The predicted octanol–water partition coefficient (Wildman–Crippen LogP) is 1.83. The van der Waals surface area contributed by atoms with Gasteiger partial charge in [-0.3, -0.25) is 0 Å². The van der Waals surface area contributed by atoms with Gasteiger partial charge in [0.1, 0.15) is 5.82 Å². The second-order valence-corrected chi connectivity index (χ2v) is 4.34. The number of nitrogens with one attached hydrogen (secondary N) is 1. The third-order valence-corrected chi connectivity index (χ3v) is 3.40. The average Bonchev–Trinajstić information content (AvgIpc) is 3.03. The molecule has 0 heterocycles. The zero-order valence-electron chi connectivity index (χ0n) is 8.96. The Balaban J connectivity index is 2.23. The Kier molecular flexibility index (Phi) is 2.76. The van der Waals surface area contributed by atoms with Crippen molar-refractivity contribution in [3.8, 4) is 0 Å². The third-order valence-electron chi connectivity index (χ3n) is 3.40. The molecule has 1 unspecified atom stereocenters. The molecule has 15 heavy (non-hydrogen) atoms. The monoisotopic (exact) mass is 208 g/mol. The zero-order chi connectivity index (χ0) is 10.9. The van der Waals surface area contributed by atoms with Crippen LogP contribution in [0.1, 0.15) is 24.4 Å². The van der Waals surface area contributed by atoms with E-state index in [9.17, 15) is 4.39 Å². The minimum absolute atomic E-state index is 0.189. The van der Waals surface area contributed by atoms with Gasteiger partial charge in [0, 0.05) is 11.5 Å². The molecule has 2 rings (SSSR count). The molecule has 0 saturated heterocycles. The van der Waals surface area contributed by atoms with Gasteiger partial charge in [-0.25, -0.2) is 4.39 Å². The Morgan fingerprint density at radius 3 is 2.40 bits per heavy atom. The van der Waals surface area contributed by atoms with Gasteiger partial charge in [0.2, 0.25) is 0 Å². The highest BCUT2D eigenvalue weighted by molar-refractivity contribution is 5.25. The molecule has 1 aromatic rings. The Morgan fingerprint density at radius 1 is 1.40 bits per heavy atom. The molecular weight excluding hydrogens is 191 g/mol. The van der Waals surface area contributed by atoms with E-state index in [-0.39, 0.29) is 17.3 Å². The van der Waals surface area contributed by atoms with E-state index >= 15 is 0 Å². The van der Waals surface area contributed by atoms with Gasteiger partial charge < -0.3 is 11.1 Å². The van der Waals surface area contributed by atoms with Crippen LogP contribution in [0.4, 0.5) is 4.39 Å². The Morgan fingerprint density at radius 2 is 2.00 bits per heavy atom. The Labute approximate surface area is 89.7 Å². The van der Waals surface area contributed by atoms with E-state index < -0.39 is 0 Å². The van der Waals surface area contributed by atoms with E-state index in [4.69, 9.17) is 5.73 Å². The molecule has 1 saturated carbocycles. The van der Waals surface area contributed by atoms with Gasteiger partial charge in [-0.2, -0.15) is 0 Å². The van der Waals surface area contributed by atoms with Crippen molar-refractivity contribution in [2.45, 2.75) is 18.9 Å². The van der Waals surface area contributed by atoms with Gasteiger partial charge >= 0.3 is 0 Å². The van der Waals surface area contributed by atoms with Gasteiger partial charge in [-0.15, -0.1) is 0 Å². The summed E-state index contributed by atoms with van der Waals surface area (Å²) < 4.78 is 12.8. The lowest BCUT2D eigenvalue weighted by Crippen LogP contribution is -2.32. The van der Waals surface area contributed by atoms with E-state index in [0.717, 1.165) is 18.4 Å². The smallest absolute Gasteiger partial charge is 0.123 e. The largest absolute Gasteiger partial charge is 0.330 e. The van der Waals surface area contributed by atoms with Crippen LogP contribution in [0.25, 0.3) is 0 Å². The summed E-state index contributed by atoms with van der Waals surface area (Å²) in [6, 6.07) is 6.94. The highest BCUT2D eigenvalue weighted by atomic mass is 19.1. The normalized spacial score (nSPS) is 19.9. The van der Waals surface area contributed by atoms with Crippen molar-refractivity contribution in [1.82, 2.24) is 5.32 Å². The zero-order valence-corrected chi connectivity index (χ0v) is 8.96. The quantitative estimate of drug-likeness (QED) is 0.792. The maximum Gasteiger partial charge on any atom is 0.123 e. The van der Waals surface area contributed by atoms with Crippen LogP contribution in [0.5, 0.6) is 0 Å². The fourth-order valence-electron chi connectivity index (χ4n) is 2.25. The van der Waals surface area contributed by atoms with E-state index in [1.165, 1.54) is 12.1 Å². The topological polar surface area (TPSA) is 38.0 Å². The maximum atomic E-state index is 12.8. The summed E-state index contributed by atoms with van der Waals surface area (Å²) in [6.07, 6.45) is 2.32. The lowest BCUT2D eigenvalue weighted by atomic mass is 9.90. The van der Waals surface area contributed by atoms with Crippen LogP contribution < -0.4 is 11.1 Å². The summed E-state index contributed by atoms with van der Waals surface area (Å²) in [4.78, 5) is 0. The van der Waals surface area contributed by atoms with E-state index in [0.29, 0.717) is 6.54 Å². The standard InChI is InChI=1S/C12H17FN2/c1-15-11(12(8-14)6-7-12)9-2-4-10(13)5-3-9/h2-5,11,15H,6-8,14H2,1H3. The molecule has 0 aliphatic heterocycles. The van der Waals surface area contributed by atoms with Crippen LogP contribution in [-0.4, -0.2) is 13.6 Å². The fourth-order valence-corrected chi connectivity index (χ4v) is 2.25. The summed E-state index contributed by atoms with van der Waals surface area (Å²) in [5.74, 6) is -0.189. The van der Waals surface area contributed by atoms with E-state index in [1.807, 2.05) is 19.2 Å². The first-order valence-corrected chi connectivity index (χ1v) is 5.35. The van der Waals surface area contributed by atoms with Gasteiger partial charge in [-0.1, -0.05) is 12.1 Å². The van der Waals surface area contributed by atoms with Crippen LogP contribution >= 0.6 is 0 Å². The SMILES string of the molecule is CNC(c1ccc(F)cc1)C1(CN)CC1. The highest BCUT2D eigenvalue weighted by Gasteiger charge is 2.48. The highest BCUT2D eigenvalue weighted by Crippen LogP contribution is 2.53. The average molecular weight is 208 g/mol.